The Morgan fingerprint density at radius 3 is 2.74 bits per heavy atom. The van der Waals surface area contributed by atoms with E-state index in [1.54, 1.807) is 0 Å². The third-order valence-corrected chi connectivity index (χ3v) is 5.00. The second kappa shape index (κ2) is 6.49. The van der Waals surface area contributed by atoms with Crippen LogP contribution in [0.2, 0.25) is 0 Å². The number of carbonyl (C=O) groups excluding carboxylic acids is 1. The highest BCUT2D eigenvalue weighted by Crippen LogP contribution is 2.36. The first-order valence-corrected chi connectivity index (χ1v) is 8.70. The predicted molar refractivity (Wildman–Crippen MR) is 92.2 cm³/mol. The topological polar surface area (TPSA) is 38.8 Å². The zero-order valence-corrected chi connectivity index (χ0v) is 14.6. The van der Waals surface area contributed by atoms with Crippen molar-refractivity contribution < 1.29 is 4.79 Å². The van der Waals surface area contributed by atoms with E-state index in [1.165, 1.54) is 11.1 Å². The molecule has 2 unspecified atom stereocenters. The number of fused-ring (bicyclic) bond motifs is 3. The highest BCUT2D eigenvalue weighted by molar-refractivity contribution is 5.85. The number of ketones is 1. The summed E-state index contributed by atoms with van der Waals surface area (Å²) in [7, 11) is 0. The molecule has 0 radical (unpaired) electrons. The number of piperidine rings is 1. The molecule has 1 fully saturated rings. The summed E-state index contributed by atoms with van der Waals surface area (Å²) in [6, 6.07) is 0.585. The fraction of sp³-hybridized carbons (Fsp3) is 0.611. The first-order valence-electron chi connectivity index (χ1n) is 8.70. The standard InChI is InChI=1S/C18H28N4O/c1-5-20(6-2)22-11-14-10-15(23)12-21(13(3)4)17(14)16-8-7-9-19-18(16)22/h7-9,11,13,17-19H,5-6,10,12H2,1-4H3. The lowest BCUT2D eigenvalue weighted by atomic mass is 9.84. The van der Waals surface area contributed by atoms with Crippen LogP contribution in [0.3, 0.4) is 0 Å². The molecule has 0 aromatic rings. The van der Waals surface area contributed by atoms with Gasteiger partial charge >= 0.3 is 0 Å². The summed E-state index contributed by atoms with van der Waals surface area (Å²) >= 11 is 0. The maximum absolute atomic E-state index is 12.2. The second-order valence-corrected chi connectivity index (χ2v) is 6.70. The summed E-state index contributed by atoms with van der Waals surface area (Å²) in [4.78, 5) is 14.6. The summed E-state index contributed by atoms with van der Waals surface area (Å²) in [5.74, 6) is 0.319. The van der Waals surface area contributed by atoms with Crippen molar-refractivity contribution in [3.8, 4) is 0 Å². The van der Waals surface area contributed by atoms with Gasteiger partial charge in [0.15, 0.2) is 5.78 Å². The molecule has 5 nitrogen and oxygen atoms in total. The highest BCUT2D eigenvalue weighted by Gasteiger charge is 2.43. The molecule has 0 bridgehead atoms. The first-order chi connectivity index (χ1) is 11.1. The van der Waals surface area contributed by atoms with Crippen LogP contribution in [-0.2, 0) is 4.79 Å². The second-order valence-electron chi connectivity index (χ2n) is 6.70. The van der Waals surface area contributed by atoms with E-state index in [4.69, 9.17) is 0 Å². The van der Waals surface area contributed by atoms with Crippen molar-refractivity contribution >= 4 is 5.78 Å². The molecule has 1 N–H and O–H groups in total. The number of hydrogen-bond donors (Lipinski definition) is 1. The average Bonchev–Trinajstić information content (AvgIpc) is 2.54. The number of allylic oxidation sites excluding steroid dienone is 2. The number of rotatable bonds is 4. The van der Waals surface area contributed by atoms with Crippen LogP contribution in [0.15, 0.2) is 35.7 Å². The maximum Gasteiger partial charge on any atom is 0.151 e. The number of nitrogens with zero attached hydrogens (tertiary/aromatic N) is 3. The molecule has 23 heavy (non-hydrogen) atoms. The van der Waals surface area contributed by atoms with Gasteiger partial charge in [-0.25, -0.2) is 5.01 Å². The van der Waals surface area contributed by atoms with Crippen LogP contribution in [0.5, 0.6) is 0 Å². The molecule has 0 aliphatic carbocycles. The fourth-order valence-electron chi connectivity index (χ4n) is 3.89. The van der Waals surface area contributed by atoms with Crippen LogP contribution >= 0.6 is 0 Å². The van der Waals surface area contributed by atoms with E-state index in [-0.39, 0.29) is 12.2 Å². The number of nitrogens with one attached hydrogen (secondary N) is 1. The molecule has 0 aromatic carbocycles. The normalized spacial score (nSPS) is 27.6. The molecule has 0 saturated carbocycles. The Morgan fingerprint density at radius 2 is 2.09 bits per heavy atom. The average molecular weight is 316 g/mol. The minimum Gasteiger partial charge on any atom is -0.367 e. The molecule has 5 heteroatoms. The summed E-state index contributed by atoms with van der Waals surface area (Å²) in [6.07, 6.45) is 9.22. The summed E-state index contributed by atoms with van der Waals surface area (Å²) in [6.45, 7) is 11.1. The lowest BCUT2D eigenvalue weighted by molar-refractivity contribution is -0.122. The Bertz CT molecular complexity index is 559. The maximum atomic E-state index is 12.2. The largest absolute Gasteiger partial charge is 0.367 e. The van der Waals surface area contributed by atoms with Crippen LogP contribution in [0.25, 0.3) is 0 Å². The van der Waals surface area contributed by atoms with Gasteiger partial charge in [-0.3, -0.25) is 14.7 Å². The zero-order chi connectivity index (χ0) is 16.6. The number of hydrogen-bond acceptors (Lipinski definition) is 5. The van der Waals surface area contributed by atoms with Crippen LogP contribution in [0.1, 0.15) is 34.1 Å². The van der Waals surface area contributed by atoms with Gasteiger partial charge < -0.3 is 5.32 Å². The molecular weight excluding hydrogens is 288 g/mol. The van der Waals surface area contributed by atoms with Gasteiger partial charge in [-0.15, -0.1) is 0 Å². The van der Waals surface area contributed by atoms with Gasteiger partial charge in [0.1, 0.15) is 6.17 Å². The van der Waals surface area contributed by atoms with Crippen LogP contribution in [0.4, 0.5) is 0 Å². The Hall–Kier alpha value is -1.59. The van der Waals surface area contributed by atoms with Gasteiger partial charge in [0.25, 0.3) is 0 Å². The Labute approximate surface area is 139 Å². The molecule has 0 aromatic heterocycles. The van der Waals surface area contributed by atoms with Crippen molar-refractivity contribution in [2.24, 2.45) is 0 Å². The van der Waals surface area contributed by atoms with Gasteiger partial charge in [-0.1, -0.05) is 19.9 Å². The zero-order valence-electron chi connectivity index (χ0n) is 14.6. The number of hydrazine groups is 1. The first kappa shape index (κ1) is 16.3. The van der Waals surface area contributed by atoms with Crippen LogP contribution in [-0.4, -0.2) is 58.6 Å². The van der Waals surface area contributed by atoms with E-state index < -0.39 is 0 Å². The predicted octanol–water partition coefficient (Wildman–Crippen LogP) is 1.86. The van der Waals surface area contributed by atoms with E-state index in [2.05, 4.69) is 66.3 Å². The lowest BCUT2D eigenvalue weighted by Crippen LogP contribution is -2.61. The Kier molecular flexibility index (Phi) is 4.60. The smallest absolute Gasteiger partial charge is 0.151 e. The number of dihydropyridines is 1. The van der Waals surface area contributed by atoms with Crippen molar-refractivity contribution in [3.05, 3.63) is 35.7 Å². The molecule has 1 saturated heterocycles. The Balaban J connectivity index is 2.05. The summed E-state index contributed by atoms with van der Waals surface area (Å²) in [5.41, 5.74) is 2.57. The van der Waals surface area contributed by atoms with Gasteiger partial charge in [-0.05, 0) is 37.3 Å². The quantitative estimate of drug-likeness (QED) is 0.857. The monoisotopic (exact) mass is 316 g/mol. The van der Waals surface area contributed by atoms with E-state index in [9.17, 15) is 4.79 Å². The molecule has 3 heterocycles. The van der Waals surface area contributed by atoms with Crippen molar-refractivity contribution in [2.45, 2.75) is 52.4 Å². The van der Waals surface area contributed by atoms with E-state index in [1.807, 2.05) is 6.20 Å². The highest BCUT2D eigenvalue weighted by atomic mass is 16.1. The number of Topliss-reactive ketones (excluding diaryl/α,β-unsaturated/α-hetero) is 1. The van der Waals surface area contributed by atoms with Crippen LogP contribution < -0.4 is 5.32 Å². The molecule has 0 amide bonds. The van der Waals surface area contributed by atoms with Gasteiger partial charge in [-0.2, -0.15) is 0 Å². The van der Waals surface area contributed by atoms with Crippen molar-refractivity contribution in [1.82, 2.24) is 20.2 Å². The molecule has 3 aliphatic rings. The third kappa shape index (κ3) is 2.83. The fourth-order valence-corrected chi connectivity index (χ4v) is 3.89. The lowest BCUT2D eigenvalue weighted by Gasteiger charge is -2.51. The molecule has 0 spiro atoms. The van der Waals surface area contributed by atoms with Gasteiger partial charge in [0.05, 0.1) is 12.6 Å². The van der Waals surface area contributed by atoms with Crippen LogP contribution in [0, 0.1) is 0 Å². The molecule has 3 aliphatic heterocycles. The van der Waals surface area contributed by atoms with Gasteiger partial charge in [0.2, 0.25) is 0 Å². The van der Waals surface area contributed by atoms with E-state index in [0.29, 0.717) is 24.8 Å². The molecular formula is C18H28N4O. The molecule has 2 atom stereocenters. The van der Waals surface area contributed by atoms with Crippen molar-refractivity contribution in [3.63, 3.8) is 0 Å². The molecule has 126 valence electrons. The number of carbonyl (C=O) groups is 1. The minimum atomic E-state index is 0.142. The molecule has 3 rings (SSSR count). The van der Waals surface area contributed by atoms with Gasteiger partial charge in [0, 0.05) is 31.8 Å². The summed E-state index contributed by atoms with van der Waals surface area (Å²) in [5, 5.41) is 8.09. The SMILES string of the molecule is CCN(CC)N1C=C2CC(=O)CN(C(C)C)C2C2=CC=CNC21. The van der Waals surface area contributed by atoms with Crippen molar-refractivity contribution in [2.75, 3.05) is 19.6 Å². The number of likely N-dealkylation sites (tertiary alicyclic amines) is 1. The van der Waals surface area contributed by atoms with E-state index >= 15 is 0 Å². The Morgan fingerprint density at radius 1 is 1.35 bits per heavy atom. The summed E-state index contributed by atoms with van der Waals surface area (Å²) < 4.78 is 0. The minimum absolute atomic E-state index is 0.142. The third-order valence-electron chi connectivity index (χ3n) is 5.00. The van der Waals surface area contributed by atoms with Crippen molar-refractivity contribution in [1.29, 1.82) is 0 Å². The van der Waals surface area contributed by atoms with E-state index in [0.717, 1.165) is 13.1 Å².